The van der Waals surface area contributed by atoms with Gasteiger partial charge in [0.25, 0.3) is 0 Å². The van der Waals surface area contributed by atoms with Gasteiger partial charge in [-0.1, -0.05) is 13.3 Å². The average Bonchev–Trinajstić information content (AvgIpc) is 3.24. The molecule has 1 N–H and O–H groups in total. The van der Waals surface area contributed by atoms with Gasteiger partial charge >= 0.3 is 0 Å². The number of aromatic nitrogens is 1. The number of anilines is 1. The predicted octanol–water partition coefficient (Wildman–Crippen LogP) is 4.46. The lowest BCUT2D eigenvalue weighted by Crippen LogP contribution is -2.27. The molecule has 0 fully saturated rings. The number of nitrogens with zero attached hydrogens (tertiary/aromatic N) is 2. The van der Waals surface area contributed by atoms with Crippen LogP contribution in [0.2, 0.25) is 0 Å². The molecule has 0 spiro atoms. The van der Waals surface area contributed by atoms with E-state index in [2.05, 4.69) is 10.3 Å². The van der Waals surface area contributed by atoms with E-state index in [-0.39, 0.29) is 29.6 Å². The summed E-state index contributed by atoms with van der Waals surface area (Å²) in [6, 6.07) is 11.8. The summed E-state index contributed by atoms with van der Waals surface area (Å²) in [5, 5.41) is 5.24. The third kappa shape index (κ3) is 7.08. The van der Waals surface area contributed by atoms with Crippen LogP contribution in [0.4, 0.5) is 10.1 Å². The van der Waals surface area contributed by atoms with Crippen molar-refractivity contribution in [2.75, 3.05) is 18.9 Å². The molecule has 3 rings (SSSR count). The Morgan fingerprint density at radius 3 is 2.52 bits per heavy atom. The van der Waals surface area contributed by atoms with Crippen LogP contribution >= 0.6 is 11.3 Å². The number of nitrogens with one attached hydrogen (secondary N) is 1. The van der Waals surface area contributed by atoms with Crippen molar-refractivity contribution in [1.29, 1.82) is 0 Å². The number of hydrogen-bond donors (Lipinski definition) is 1. The van der Waals surface area contributed by atoms with Crippen LogP contribution in [0.3, 0.4) is 0 Å². The summed E-state index contributed by atoms with van der Waals surface area (Å²) in [5.74, 6) is -0.0599. The fourth-order valence-electron chi connectivity index (χ4n) is 2.93. The summed E-state index contributed by atoms with van der Waals surface area (Å²) in [5.41, 5.74) is 1.11. The Kier molecular flexibility index (Phi) is 8.54. The highest BCUT2D eigenvalue weighted by Gasteiger charge is 2.20. The molecule has 33 heavy (non-hydrogen) atoms. The normalized spacial score (nSPS) is 11.5. The molecule has 1 amide bonds. The molecule has 176 valence electrons. The Labute approximate surface area is 197 Å². The van der Waals surface area contributed by atoms with Crippen molar-refractivity contribution >= 4 is 33.0 Å². The lowest BCUT2D eigenvalue weighted by molar-refractivity contribution is -0.115. The number of ether oxygens (including phenoxy) is 1. The Morgan fingerprint density at radius 1 is 1.15 bits per heavy atom. The van der Waals surface area contributed by atoms with Gasteiger partial charge in [0.05, 0.1) is 17.0 Å². The molecule has 10 heteroatoms. The summed E-state index contributed by atoms with van der Waals surface area (Å²) in [7, 11) is -1.99. The van der Waals surface area contributed by atoms with Gasteiger partial charge in [-0.15, -0.1) is 11.3 Å². The molecule has 3 aromatic rings. The van der Waals surface area contributed by atoms with Crippen LogP contribution in [0.5, 0.6) is 5.75 Å². The van der Waals surface area contributed by atoms with Gasteiger partial charge in [-0.05, 0) is 55.0 Å². The fourth-order valence-corrected chi connectivity index (χ4v) is 4.85. The minimum Gasteiger partial charge on any atom is -0.486 e. The molecule has 0 saturated heterocycles. The molecule has 0 bridgehead atoms. The van der Waals surface area contributed by atoms with E-state index in [0.29, 0.717) is 28.7 Å². The number of hydrogen-bond acceptors (Lipinski definition) is 6. The highest BCUT2D eigenvalue weighted by Crippen LogP contribution is 2.19. The monoisotopic (exact) mass is 491 g/mol. The second kappa shape index (κ2) is 11.4. The van der Waals surface area contributed by atoms with Gasteiger partial charge in [-0.3, -0.25) is 4.79 Å². The number of unbranched alkanes of at least 4 members (excludes halogenated alkanes) is 1. The topological polar surface area (TPSA) is 88.6 Å². The lowest BCUT2D eigenvalue weighted by Gasteiger charge is -2.17. The average molecular weight is 492 g/mol. The molecule has 0 aliphatic carbocycles. The van der Waals surface area contributed by atoms with Crippen molar-refractivity contribution in [3.8, 4) is 5.75 Å². The van der Waals surface area contributed by atoms with E-state index in [9.17, 15) is 17.6 Å². The van der Waals surface area contributed by atoms with E-state index in [4.69, 9.17) is 4.74 Å². The van der Waals surface area contributed by atoms with E-state index >= 15 is 0 Å². The van der Waals surface area contributed by atoms with Gasteiger partial charge in [0.2, 0.25) is 15.9 Å². The Morgan fingerprint density at radius 2 is 1.85 bits per heavy atom. The van der Waals surface area contributed by atoms with E-state index in [1.807, 2.05) is 6.92 Å². The highest BCUT2D eigenvalue weighted by molar-refractivity contribution is 7.89. The van der Waals surface area contributed by atoms with E-state index in [1.165, 1.54) is 52.0 Å². The zero-order chi connectivity index (χ0) is 23.8. The van der Waals surface area contributed by atoms with Gasteiger partial charge in [0.1, 0.15) is 23.2 Å². The van der Waals surface area contributed by atoms with Crippen molar-refractivity contribution < 1.29 is 22.3 Å². The first-order chi connectivity index (χ1) is 15.8. The highest BCUT2D eigenvalue weighted by atomic mass is 32.2. The number of carbonyl (C=O) groups is 1. The molecule has 2 aromatic carbocycles. The first kappa shape index (κ1) is 24.8. The number of sulfonamides is 1. The zero-order valence-corrected chi connectivity index (χ0v) is 20.1. The molecule has 0 unspecified atom stereocenters. The Hall–Kier alpha value is -2.82. The number of amides is 1. The quantitative estimate of drug-likeness (QED) is 0.428. The Bertz CT molecular complexity index is 1160. The molecule has 7 nitrogen and oxygen atoms in total. The van der Waals surface area contributed by atoms with Crippen LogP contribution in [-0.2, 0) is 27.8 Å². The molecule has 0 aliphatic rings. The van der Waals surface area contributed by atoms with Crippen LogP contribution in [0, 0.1) is 5.82 Å². The van der Waals surface area contributed by atoms with Crippen molar-refractivity contribution in [2.24, 2.45) is 0 Å². The van der Waals surface area contributed by atoms with Crippen molar-refractivity contribution in [3.63, 3.8) is 0 Å². The number of thiazole rings is 1. The molecule has 0 aliphatic heterocycles. The maximum absolute atomic E-state index is 12.9. The summed E-state index contributed by atoms with van der Waals surface area (Å²) >= 11 is 1.37. The summed E-state index contributed by atoms with van der Waals surface area (Å²) in [4.78, 5) is 16.9. The predicted molar refractivity (Wildman–Crippen MR) is 126 cm³/mol. The summed E-state index contributed by atoms with van der Waals surface area (Å²) in [6.07, 6.45) is 1.78. The van der Waals surface area contributed by atoms with Crippen LogP contribution in [0.1, 0.15) is 30.5 Å². The fraction of sp³-hybridized carbons (Fsp3) is 0.304. The van der Waals surface area contributed by atoms with Gasteiger partial charge in [0, 0.05) is 24.7 Å². The summed E-state index contributed by atoms with van der Waals surface area (Å²) in [6.45, 7) is 2.69. The molecule has 0 atom stereocenters. The van der Waals surface area contributed by atoms with E-state index in [0.717, 1.165) is 12.8 Å². The lowest BCUT2D eigenvalue weighted by atomic mass is 10.3. The number of benzene rings is 2. The molecule has 0 radical (unpaired) electrons. The third-order valence-corrected chi connectivity index (χ3v) is 7.53. The minimum absolute atomic E-state index is 0.0762. The van der Waals surface area contributed by atoms with Crippen molar-refractivity contribution in [2.45, 2.75) is 37.7 Å². The summed E-state index contributed by atoms with van der Waals surface area (Å²) < 4.78 is 45.0. The first-order valence-electron chi connectivity index (χ1n) is 10.5. The second-order valence-electron chi connectivity index (χ2n) is 7.40. The maximum atomic E-state index is 12.9. The van der Waals surface area contributed by atoms with Gasteiger partial charge in [0.15, 0.2) is 0 Å². The second-order valence-corrected chi connectivity index (χ2v) is 10.4. The van der Waals surface area contributed by atoms with Crippen molar-refractivity contribution in [1.82, 2.24) is 9.29 Å². The van der Waals surface area contributed by atoms with Gasteiger partial charge < -0.3 is 10.1 Å². The van der Waals surface area contributed by atoms with Crippen LogP contribution in [0.15, 0.2) is 58.8 Å². The smallest absolute Gasteiger partial charge is 0.242 e. The third-order valence-electron chi connectivity index (χ3n) is 4.79. The van der Waals surface area contributed by atoms with Crippen LogP contribution in [0.25, 0.3) is 0 Å². The van der Waals surface area contributed by atoms with Gasteiger partial charge in [-0.2, -0.15) is 0 Å². The van der Waals surface area contributed by atoms with Crippen LogP contribution < -0.4 is 10.1 Å². The number of halogens is 1. The zero-order valence-electron chi connectivity index (χ0n) is 18.5. The number of carbonyl (C=O) groups excluding carboxylic acids is 1. The number of rotatable bonds is 11. The van der Waals surface area contributed by atoms with E-state index in [1.54, 1.807) is 24.6 Å². The van der Waals surface area contributed by atoms with Gasteiger partial charge in [-0.25, -0.2) is 22.1 Å². The van der Waals surface area contributed by atoms with Crippen molar-refractivity contribution in [3.05, 3.63) is 70.4 Å². The van der Waals surface area contributed by atoms with Crippen LogP contribution in [-0.4, -0.2) is 37.2 Å². The minimum atomic E-state index is -3.55. The SMILES string of the molecule is CCCCN(C)S(=O)(=O)c1ccc(NC(=O)Cc2csc(COc3ccc(F)cc3)n2)cc1. The first-order valence-corrected chi connectivity index (χ1v) is 12.8. The molecular formula is C23H26FN3O4S2. The molecule has 0 saturated carbocycles. The molecule has 1 heterocycles. The molecular weight excluding hydrogens is 465 g/mol. The standard InChI is InChI=1S/C23H26FN3O4S2/c1-3-4-13-27(2)33(29,30)21-11-7-18(8-12-21)25-22(28)14-19-16-32-23(26-19)15-31-20-9-5-17(24)6-10-20/h5-12,16H,3-4,13-15H2,1-2H3,(H,25,28). The maximum Gasteiger partial charge on any atom is 0.242 e. The molecule has 1 aromatic heterocycles. The van der Waals surface area contributed by atoms with E-state index < -0.39 is 10.0 Å². The Balaban J connectivity index is 1.52. The largest absolute Gasteiger partial charge is 0.486 e.